The molecule has 32 heavy (non-hydrogen) atoms. The number of amides is 2. The Hall–Kier alpha value is -2.90. The van der Waals surface area contributed by atoms with Gasteiger partial charge < -0.3 is 19.5 Å². The molecule has 7 nitrogen and oxygen atoms in total. The maximum Gasteiger partial charge on any atom is 0.411 e. The van der Waals surface area contributed by atoms with Gasteiger partial charge in [-0.3, -0.25) is 9.69 Å². The van der Waals surface area contributed by atoms with Crippen molar-refractivity contribution in [3.8, 4) is 0 Å². The number of carbonyl (C=O) groups excluding carboxylic acids is 2. The number of fused-ring (bicyclic) bond motifs is 2. The van der Waals surface area contributed by atoms with Gasteiger partial charge in [-0.05, 0) is 30.4 Å². The van der Waals surface area contributed by atoms with Gasteiger partial charge in [-0.15, -0.1) is 0 Å². The molecule has 2 aromatic rings. The fraction of sp³-hybridized carbons (Fsp3) is 0.440. The molecule has 2 bridgehead atoms. The number of nitrogens with zero attached hydrogens (tertiary/aromatic N) is 1. The van der Waals surface area contributed by atoms with Crippen LogP contribution in [-0.2, 0) is 32.2 Å². The van der Waals surface area contributed by atoms with Crippen LogP contribution in [0.3, 0.4) is 0 Å². The van der Waals surface area contributed by atoms with E-state index in [-0.39, 0.29) is 18.6 Å². The van der Waals surface area contributed by atoms with Gasteiger partial charge in [-0.1, -0.05) is 60.7 Å². The van der Waals surface area contributed by atoms with Crippen LogP contribution in [-0.4, -0.2) is 48.4 Å². The van der Waals surface area contributed by atoms with Gasteiger partial charge in [0.1, 0.15) is 12.6 Å². The Labute approximate surface area is 188 Å². The number of benzene rings is 2. The first kappa shape index (κ1) is 22.3. The van der Waals surface area contributed by atoms with Crippen molar-refractivity contribution in [2.45, 2.75) is 56.7 Å². The Morgan fingerprint density at radius 2 is 1.69 bits per heavy atom. The lowest BCUT2D eigenvalue weighted by atomic mass is 9.83. The largest absolute Gasteiger partial charge is 0.445 e. The molecule has 0 spiro atoms. The molecule has 1 N–H and O–H groups in total. The minimum atomic E-state index is -1.00. The first-order chi connectivity index (χ1) is 15.6. The molecule has 3 atom stereocenters. The third kappa shape index (κ3) is 4.79. The number of rotatable bonds is 8. The van der Waals surface area contributed by atoms with Crippen molar-refractivity contribution in [1.29, 1.82) is 0 Å². The smallest absolute Gasteiger partial charge is 0.411 e. The third-order valence-corrected chi connectivity index (χ3v) is 6.31. The molecule has 3 unspecified atom stereocenters. The van der Waals surface area contributed by atoms with Crippen LogP contribution >= 0.6 is 0 Å². The molecule has 2 aromatic carbocycles. The van der Waals surface area contributed by atoms with Crippen LogP contribution in [0.5, 0.6) is 0 Å². The predicted octanol–water partition coefficient (Wildman–Crippen LogP) is 3.63. The van der Waals surface area contributed by atoms with Gasteiger partial charge in [0.25, 0.3) is 0 Å². The van der Waals surface area contributed by atoms with Crippen molar-refractivity contribution < 1.29 is 23.8 Å². The van der Waals surface area contributed by atoms with E-state index in [2.05, 4.69) is 5.32 Å². The topological polar surface area (TPSA) is 77.1 Å². The monoisotopic (exact) mass is 438 g/mol. The van der Waals surface area contributed by atoms with E-state index in [9.17, 15) is 9.59 Å². The number of methoxy groups -OCH3 is 1. The molecule has 0 aliphatic carbocycles. The number of carbonyl (C=O) groups is 2. The minimum Gasteiger partial charge on any atom is -0.445 e. The highest BCUT2D eigenvalue weighted by Crippen LogP contribution is 2.37. The van der Waals surface area contributed by atoms with Crippen molar-refractivity contribution >= 4 is 12.0 Å². The van der Waals surface area contributed by atoms with E-state index in [1.165, 1.54) is 0 Å². The van der Waals surface area contributed by atoms with Gasteiger partial charge in [0, 0.05) is 13.5 Å². The molecule has 0 saturated carbocycles. The van der Waals surface area contributed by atoms with E-state index in [1.807, 2.05) is 60.7 Å². The molecular formula is C25H30N2O5. The quantitative estimate of drug-likeness (QED) is 0.637. The van der Waals surface area contributed by atoms with Crippen LogP contribution in [0.2, 0.25) is 0 Å². The number of piperidine rings is 1. The van der Waals surface area contributed by atoms with E-state index >= 15 is 0 Å². The highest BCUT2D eigenvalue weighted by molar-refractivity contribution is 5.88. The molecule has 2 aliphatic rings. The molecule has 4 rings (SSSR count). The number of hydrogen-bond donors (Lipinski definition) is 1. The van der Waals surface area contributed by atoms with Gasteiger partial charge in [-0.2, -0.15) is 0 Å². The Balaban J connectivity index is 1.43. The number of ether oxygens (including phenoxy) is 3. The van der Waals surface area contributed by atoms with Crippen LogP contribution in [0.15, 0.2) is 60.7 Å². The van der Waals surface area contributed by atoms with Gasteiger partial charge in [0.2, 0.25) is 5.91 Å². The zero-order valence-electron chi connectivity index (χ0n) is 18.4. The Kier molecular flexibility index (Phi) is 7.07. The Morgan fingerprint density at radius 1 is 1.03 bits per heavy atom. The van der Waals surface area contributed by atoms with Crippen molar-refractivity contribution in [3.63, 3.8) is 0 Å². The summed E-state index contributed by atoms with van der Waals surface area (Å²) < 4.78 is 17.3. The van der Waals surface area contributed by atoms with Gasteiger partial charge >= 0.3 is 6.09 Å². The summed E-state index contributed by atoms with van der Waals surface area (Å²) in [6.45, 7) is 1.03. The summed E-state index contributed by atoms with van der Waals surface area (Å²) in [7, 11) is 1.57. The summed E-state index contributed by atoms with van der Waals surface area (Å²) in [5, 5.41) is 3.05. The van der Waals surface area contributed by atoms with Gasteiger partial charge in [-0.25, -0.2) is 4.79 Å². The Bertz CT molecular complexity index is 907. The minimum absolute atomic E-state index is 0.164. The van der Waals surface area contributed by atoms with E-state index < -0.39 is 17.9 Å². The van der Waals surface area contributed by atoms with E-state index in [0.29, 0.717) is 26.1 Å². The van der Waals surface area contributed by atoms with Crippen molar-refractivity contribution in [3.05, 3.63) is 71.8 Å². The third-order valence-electron chi connectivity index (χ3n) is 6.31. The summed E-state index contributed by atoms with van der Waals surface area (Å²) in [6.07, 6.45) is 2.14. The second-order valence-corrected chi connectivity index (χ2v) is 8.28. The van der Waals surface area contributed by atoms with Gasteiger partial charge in [0.15, 0.2) is 5.72 Å². The van der Waals surface area contributed by atoms with E-state index in [4.69, 9.17) is 14.2 Å². The molecule has 0 radical (unpaired) electrons. The maximum atomic E-state index is 13.1. The van der Waals surface area contributed by atoms with Crippen molar-refractivity contribution in [2.75, 3.05) is 13.7 Å². The number of piperazine rings is 1. The highest BCUT2D eigenvalue weighted by Gasteiger charge is 2.55. The van der Waals surface area contributed by atoms with Crippen LogP contribution in [0.1, 0.15) is 36.8 Å². The fourth-order valence-corrected chi connectivity index (χ4v) is 4.64. The highest BCUT2D eigenvalue weighted by atomic mass is 16.6. The Morgan fingerprint density at radius 3 is 2.34 bits per heavy atom. The summed E-state index contributed by atoms with van der Waals surface area (Å²) in [5.74, 6) is -0.206. The second kappa shape index (κ2) is 10.1. The first-order valence-corrected chi connectivity index (χ1v) is 11.1. The second-order valence-electron chi connectivity index (χ2n) is 8.28. The first-order valence-electron chi connectivity index (χ1n) is 11.1. The molecule has 170 valence electrons. The van der Waals surface area contributed by atoms with E-state index in [1.54, 1.807) is 12.0 Å². The average Bonchev–Trinajstić information content (AvgIpc) is 2.84. The molecule has 2 aliphatic heterocycles. The number of hydrogen-bond acceptors (Lipinski definition) is 5. The lowest BCUT2D eigenvalue weighted by Crippen LogP contribution is -2.75. The average molecular weight is 439 g/mol. The molecular weight excluding hydrogens is 408 g/mol. The van der Waals surface area contributed by atoms with E-state index in [0.717, 1.165) is 24.0 Å². The van der Waals surface area contributed by atoms with Gasteiger partial charge in [0.05, 0.1) is 19.3 Å². The van der Waals surface area contributed by atoms with Crippen LogP contribution in [0, 0.1) is 0 Å². The summed E-state index contributed by atoms with van der Waals surface area (Å²) in [4.78, 5) is 27.6. The summed E-state index contributed by atoms with van der Waals surface area (Å²) >= 11 is 0. The van der Waals surface area contributed by atoms with Crippen LogP contribution in [0.4, 0.5) is 4.79 Å². The normalized spacial score (nSPS) is 24.7. The molecule has 2 amide bonds. The lowest BCUT2D eigenvalue weighted by Gasteiger charge is -2.54. The van der Waals surface area contributed by atoms with Crippen LogP contribution in [0.25, 0.3) is 0 Å². The zero-order valence-corrected chi connectivity index (χ0v) is 18.4. The van der Waals surface area contributed by atoms with Crippen molar-refractivity contribution in [1.82, 2.24) is 10.2 Å². The fourth-order valence-electron chi connectivity index (χ4n) is 4.64. The number of nitrogens with one attached hydrogen (secondary N) is 1. The zero-order chi connectivity index (χ0) is 22.4. The SMILES string of the molecule is COC1(CCOCc2ccccc2)NC(=O)C2CCCC1N2C(=O)OCc1ccccc1. The lowest BCUT2D eigenvalue weighted by molar-refractivity contribution is -0.176. The molecule has 2 fully saturated rings. The predicted molar refractivity (Wildman–Crippen MR) is 118 cm³/mol. The molecule has 2 saturated heterocycles. The van der Waals surface area contributed by atoms with Crippen LogP contribution < -0.4 is 5.32 Å². The standard InChI is InChI=1S/C25H30N2O5/c1-30-25(15-16-31-17-19-9-4-2-5-10-19)22-14-8-13-21(23(28)26-25)27(22)24(29)32-18-20-11-6-3-7-12-20/h2-7,9-12,21-22H,8,13-18H2,1H3,(H,26,28). The summed E-state index contributed by atoms with van der Waals surface area (Å²) in [6, 6.07) is 18.6. The molecule has 7 heteroatoms. The molecule has 0 aromatic heterocycles. The maximum absolute atomic E-state index is 13.1. The van der Waals surface area contributed by atoms with Crippen molar-refractivity contribution in [2.24, 2.45) is 0 Å². The summed E-state index contributed by atoms with van der Waals surface area (Å²) in [5.41, 5.74) is 0.978. The molecule has 2 heterocycles.